The first kappa shape index (κ1) is 20.2. The van der Waals surface area contributed by atoms with Gasteiger partial charge in [-0.3, -0.25) is 9.59 Å². The van der Waals surface area contributed by atoms with Gasteiger partial charge in [-0.25, -0.2) is 4.98 Å². The van der Waals surface area contributed by atoms with E-state index in [2.05, 4.69) is 20.6 Å². The zero-order valence-corrected chi connectivity index (χ0v) is 17.9. The number of carbonyl (C=O) groups is 2. The van der Waals surface area contributed by atoms with E-state index in [9.17, 15) is 14.7 Å². The fourth-order valence-electron chi connectivity index (χ4n) is 4.60. The van der Waals surface area contributed by atoms with Crippen molar-refractivity contribution in [3.8, 4) is 5.75 Å². The number of aromatic nitrogens is 2. The van der Waals surface area contributed by atoms with Crippen LogP contribution in [0.1, 0.15) is 76.2 Å². The minimum absolute atomic E-state index is 0.0693. The highest BCUT2D eigenvalue weighted by Crippen LogP contribution is 2.39. The molecule has 7 nitrogen and oxygen atoms in total. The van der Waals surface area contributed by atoms with E-state index >= 15 is 0 Å². The summed E-state index contributed by atoms with van der Waals surface area (Å²) in [4.78, 5) is 33.1. The van der Waals surface area contributed by atoms with E-state index in [1.807, 2.05) is 13.8 Å². The van der Waals surface area contributed by atoms with Crippen molar-refractivity contribution in [3.63, 3.8) is 0 Å². The minimum atomic E-state index is -0.273. The average Bonchev–Trinajstić information content (AvgIpc) is 3.16. The monoisotopic (exact) mass is 408 g/mol. The summed E-state index contributed by atoms with van der Waals surface area (Å²) in [6.07, 6.45) is 7.33. The van der Waals surface area contributed by atoms with Gasteiger partial charge < -0.3 is 20.7 Å². The van der Waals surface area contributed by atoms with Gasteiger partial charge in [-0.15, -0.1) is 0 Å². The summed E-state index contributed by atoms with van der Waals surface area (Å²) in [5.74, 6) is 0.198. The second-order valence-electron chi connectivity index (χ2n) is 8.38. The van der Waals surface area contributed by atoms with Crippen LogP contribution in [0.25, 0.3) is 11.6 Å². The normalized spacial score (nSPS) is 17.9. The van der Waals surface area contributed by atoms with Gasteiger partial charge in [0.1, 0.15) is 11.6 Å². The average molecular weight is 409 g/mol. The Kier molecular flexibility index (Phi) is 5.13. The molecule has 0 spiro atoms. The number of aromatic amines is 1. The number of fused-ring (bicyclic) bond motifs is 1. The van der Waals surface area contributed by atoms with Crippen molar-refractivity contribution >= 4 is 29.3 Å². The molecular formula is C23H28N4O3. The number of nitrogens with one attached hydrogen (secondary N) is 3. The first-order chi connectivity index (χ1) is 14.3. The summed E-state index contributed by atoms with van der Waals surface area (Å²) in [7, 11) is 0. The summed E-state index contributed by atoms with van der Waals surface area (Å²) in [5, 5.41) is 16.2. The summed E-state index contributed by atoms with van der Waals surface area (Å²) >= 11 is 0. The molecule has 0 bridgehead atoms. The van der Waals surface area contributed by atoms with Crippen LogP contribution < -0.4 is 10.6 Å². The number of hydrogen-bond donors (Lipinski definition) is 4. The Balaban J connectivity index is 1.69. The van der Waals surface area contributed by atoms with Crippen LogP contribution in [0.4, 0.5) is 5.82 Å². The van der Waals surface area contributed by atoms with Crippen LogP contribution in [-0.4, -0.2) is 32.9 Å². The number of anilines is 1. The van der Waals surface area contributed by atoms with E-state index in [0.717, 1.165) is 36.9 Å². The summed E-state index contributed by atoms with van der Waals surface area (Å²) < 4.78 is 0. The number of hydrogen-bond acceptors (Lipinski definition) is 4. The number of amides is 2. The molecule has 1 aliphatic heterocycles. The lowest BCUT2D eigenvalue weighted by molar-refractivity contribution is -0.110. The summed E-state index contributed by atoms with van der Waals surface area (Å²) in [6.45, 7) is 7.23. The SMILES string of the molecule is Cc1nc2c(c(C)c1O)C(=Cc1[nH]c(C)c(C(=O)NC3CCCCC3)c1C)C(=O)N2. The molecule has 0 saturated heterocycles. The van der Waals surface area contributed by atoms with Crippen LogP contribution in [0.2, 0.25) is 0 Å². The first-order valence-corrected chi connectivity index (χ1v) is 10.5. The van der Waals surface area contributed by atoms with Crippen LogP contribution in [0.5, 0.6) is 5.75 Å². The van der Waals surface area contributed by atoms with Crippen molar-refractivity contribution in [1.82, 2.24) is 15.3 Å². The van der Waals surface area contributed by atoms with Gasteiger partial charge in [-0.1, -0.05) is 19.3 Å². The Morgan fingerprint density at radius 3 is 2.53 bits per heavy atom. The molecule has 1 fully saturated rings. The second-order valence-corrected chi connectivity index (χ2v) is 8.38. The molecule has 30 heavy (non-hydrogen) atoms. The van der Waals surface area contributed by atoms with Crippen LogP contribution in [0.3, 0.4) is 0 Å². The molecule has 7 heteroatoms. The third-order valence-corrected chi connectivity index (χ3v) is 6.27. The molecular weight excluding hydrogens is 380 g/mol. The van der Waals surface area contributed by atoms with Gasteiger partial charge in [-0.2, -0.15) is 0 Å². The third-order valence-electron chi connectivity index (χ3n) is 6.27. The quantitative estimate of drug-likeness (QED) is 0.578. The number of aromatic hydroxyl groups is 1. The van der Waals surface area contributed by atoms with Gasteiger partial charge in [0.05, 0.1) is 16.8 Å². The highest BCUT2D eigenvalue weighted by molar-refractivity contribution is 6.35. The first-order valence-electron chi connectivity index (χ1n) is 10.5. The maximum atomic E-state index is 12.9. The molecule has 4 rings (SSSR count). The Bertz CT molecular complexity index is 1070. The Morgan fingerprint density at radius 2 is 1.83 bits per heavy atom. The zero-order valence-electron chi connectivity index (χ0n) is 17.9. The lowest BCUT2D eigenvalue weighted by atomic mass is 9.95. The maximum Gasteiger partial charge on any atom is 0.257 e. The van der Waals surface area contributed by atoms with Crippen molar-refractivity contribution in [2.45, 2.75) is 65.8 Å². The Hall–Kier alpha value is -3.09. The molecule has 2 aliphatic rings. The highest BCUT2D eigenvalue weighted by Gasteiger charge is 2.30. The Labute approximate surface area is 176 Å². The molecule has 1 saturated carbocycles. The van der Waals surface area contributed by atoms with E-state index in [0.29, 0.717) is 39.5 Å². The van der Waals surface area contributed by atoms with Crippen molar-refractivity contribution < 1.29 is 14.7 Å². The topological polar surface area (TPSA) is 107 Å². The van der Waals surface area contributed by atoms with Crippen molar-refractivity contribution in [2.24, 2.45) is 0 Å². The second kappa shape index (κ2) is 7.63. The van der Waals surface area contributed by atoms with E-state index in [-0.39, 0.29) is 23.6 Å². The fraction of sp³-hybridized carbons (Fsp3) is 0.435. The number of rotatable bonds is 3. The number of pyridine rings is 1. The summed E-state index contributed by atoms with van der Waals surface area (Å²) in [5.41, 5.74) is 5.02. The van der Waals surface area contributed by atoms with Crippen molar-refractivity contribution in [3.05, 3.63) is 39.3 Å². The van der Waals surface area contributed by atoms with E-state index in [1.165, 1.54) is 6.42 Å². The molecule has 0 aromatic carbocycles. The predicted molar refractivity (Wildman–Crippen MR) is 116 cm³/mol. The van der Waals surface area contributed by atoms with Gasteiger partial charge in [-0.05, 0) is 52.2 Å². The lowest BCUT2D eigenvalue weighted by Crippen LogP contribution is -2.36. The molecule has 2 aromatic heterocycles. The molecule has 4 N–H and O–H groups in total. The number of aryl methyl sites for hydroxylation is 2. The van der Waals surface area contributed by atoms with Gasteiger partial charge in [0.15, 0.2) is 0 Å². The fourth-order valence-corrected chi connectivity index (χ4v) is 4.60. The highest BCUT2D eigenvalue weighted by atomic mass is 16.3. The molecule has 2 amide bonds. The van der Waals surface area contributed by atoms with E-state index < -0.39 is 0 Å². The molecule has 0 atom stereocenters. The molecule has 0 radical (unpaired) electrons. The smallest absolute Gasteiger partial charge is 0.257 e. The van der Waals surface area contributed by atoms with Gasteiger partial charge >= 0.3 is 0 Å². The number of nitrogens with zero attached hydrogens (tertiary/aromatic N) is 1. The van der Waals surface area contributed by atoms with Crippen LogP contribution >= 0.6 is 0 Å². The van der Waals surface area contributed by atoms with Crippen LogP contribution in [-0.2, 0) is 4.79 Å². The van der Waals surface area contributed by atoms with Crippen molar-refractivity contribution in [1.29, 1.82) is 0 Å². The maximum absolute atomic E-state index is 12.9. The van der Waals surface area contributed by atoms with E-state index in [4.69, 9.17) is 0 Å². The van der Waals surface area contributed by atoms with Crippen LogP contribution in [0, 0.1) is 27.7 Å². The molecule has 3 heterocycles. The standard InChI is InChI=1S/C23H28N4O3/c1-11-17(24-13(3)18(11)23(30)26-15-8-6-5-7-9-15)10-16-19-12(2)20(28)14(4)25-21(19)27-22(16)29/h10,15,24,28H,5-9H2,1-4H3,(H,26,30)(H,25,27,29). The molecule has 158 valence electrons. The van der Waals surface area contributed by atoms with Crippen LogP contribution in [0.15, 0.2) is 0 Å². The van der Waals surface area contributed by atoms with Crippen molar-refractivity contribution in [2.75, 3.05) is 5.32 Å². The lowest BCUT2D eigenvalue weighted by Gasteiger charge is -2.22. The number of H-pyrrole nitrogens is 1. The molecule has 2 aromatic rings. The minimum Gasteiger partial charge on any atom is -0.506 e. The number of carbonyl (C=O) groups excluding carboxylic acids is 2. The van der Waals surface area contributed by atoms with Gasteiger partial charge in [0, 0.05) is 28.6 Å². The zero-order chi connectivity index (χ0) is 21.6. The Morgan fingerprint density at radius 1 is 1.13 bits per heavy atom. The molecule has 1 aliphatic carbocycles. The predicted octanol–water partition coefficient (Wildman–Crippen LogP) is 3.90. The molecule has 0 unspecified atom stereocenters. The largest absolute Gasteiger partial charge is 0.506 e. The van der Waals surface area contributed by atoms with E-state index in [1.54, 1.807) is 19.9 Å². The third kappa shape index (κ3) is 3.38. The van der Waals surface area contributed by atoms with Gasteiger partial charge in [0.25, 0.3) is 11.8 Å². The van der Waals surface area contributed by atoms with Gasteiger partial charge in [0.2, 0.25) is 0 Å². The summed E-state index contributed by atoms with van der Waals surface area (Å²) in [6, 6.07) is 0.231.